The summed E-state index contributed by atoms with van der Waals surface area (Å²) in [5, 5.41) is 0. The number of aryl methyl sites for hydroxylation is 1. The van der Waals surface area contributed by atoms with Crippen LogP contribution in [0.5, 0.6) is 11.5 Å². The summed E-state index contributed by atoms with van der Waals surface area (Å²) < 4.78 is 10.8. The van der Waals surface area contributed by atoms with E-state index in [1.54, 1.807) is 14.2 Å². The first-order chi connectivity index (χ1) is 10.7. The van der Waals surface area contributed by atoms with Gasteiger partial charge in [-0.2, -0.15) is 0 Å². The first-order valence-electron chi connectivity index (χ1n) is 7.62. The van der Waals surface area contributed by atoms with Gasteiger partial charge in [-0.05, 0) is 50.1 Å². The van der Waals surface area contributed by atoms with E-state index in [-0.39, 0.29) is 0 Å². The van der Waals surface area contributed by atoms with Crippen LogP contribution in [0.2, 0.25) is 0 Å². The maximum Gasteiger partial charge on any atom is 0.129 e. The molecule has 4 nitrogen and oxygen atoms in total. The molecule has 0 amide bonds. The minimum absolute atomic E-state index is 0.574. The Morgan fingerprint density at radius 2 is 1.95 bits per heavy atom. The van der Waals surface area contributed by atoms with Crippen molar-refractivity contribution < 1.29 is 9.47 Å². The van der Waals surface area contributed by atoms with Crippen LogP contribution in [-0.2, 0) is 6.54 Å². The Morgan fingerprint density at radius 3 is 2.59 bits per heavy atom. The Morgan fingerprint density at radius 1 is 1.14 bits per heavy atom. The summed E-state index contributed by atoms with van der Waals surface area (Å²) in [5.41, 5.74) is 2.16. The van der Waals surface area contributed by atoms with E-state index in [9.17, 15) is 0 Å². The van der Waals surface area contributed by atoms with Crippen LogP contribution in [0.1, 0.15) is 24.1 Å². The van der Waals surface area contributed by atoms with Crippen LogP contribution >= 0.6 is 0 Å². The number of aromatic nitrogens is 1. The standard InChI is InChI=1S/C18H22N2O2/c1-13-5-4-6-18(19-13)20(15-7-8-15)12-14-11-16(21-2)9-10-17(14)22-3/h4-6,9-11,15H,7-8,12H2,1-3H3. The zero-order valence-electron chi connectivity index (χ0n) is 13.4. The highest BCUT2D eigenvalue weighted by Gasteiger charge is 2.30. The first kappa shape index (κ1) is 14.7. The van der Waals surface area contributed by atoms with Crippen molar-refractivity contribution in [2.45, 2.75) is 32.4 Å². The maximum atomic E-state index is 5.50. The number of rotatable bonds is 6. The van der Waals surface area contributed by atoms with Gasteiger partial charge in [0, 0.05) is 23.8 Å². The highest BCUT2D eigenvalue weighted by Crippen LogP contribution is 2.34. The third-order valence-electron chi connectivity index (χ3n) is 3.98. The number of pyridine rings is 1. The van der Waals surface area contributed by atoms with E-state index in [0.717, 1.165) is 35.1 Å². The molecule has 1 aliphatic rings. The van der Waals surface area contributed by atoms with Gasteiger partial charge < -0.3 is 14.4 Å². The van der Waals surface area contributed by atoms with Gasteiger partial charge in [0.25, 0.3) is 0 Å². The van der Waals surface area contributed by atoms with E-state index in [1.165, 1.54) is 12.8 Å². The molecular weight excluding hydrogens is 276 g/mol. The van der Waals surface area contributed by atoms with E-state index >= 15 is 0 Å². The van der Waals surface area contributed by atoms with Gasteiger partial charge in [0.1, 0.15) is 17.3 Å². The van der Waals surface area contributed by atoms with E-state index in [1.807, 2.05) is 31.2 Å². The first-order valence-corrected chi connectivity index (χ1v) is 7.62. The molecule has 22 heavy (non-hydrogen) atoms. The molecule has 0 N–H and O–H groups in total. The number of benzene rings is 1. The topological polar surface area (TPSA) is 34.6 Å². The lowest BCUT2D eigenvalue weighted by Crippen LogP contribution is -2.26. The zero-order valence-corrected chi connectivity index (χ0v) is 13.4. The fourth-order valence-electron chi connectivity index (χ4n) is 2.66. The van der Waals surface area contributed by atoms with Gasteiger partial charge in [-0.3, -0.25) is 0 Å². The summed E-state index contributed by atoms with van der Waals surface area (Å²) in [6, 6.07) is 12.7. The van der Waals surface area contributed by atoms with Crippen LogP contribution in [0, 0.1) is 6.92 Å². The van der Waals surface area contributed by atoms with E-state index in [4.69, 9.17) is 9.47 Å². The molecule has 0 radical (unpaired) electrons. The van der Waals surface area contributed by atoms with Gasteiger partial charge in [0.2, 0.25) is 0 Å². The van der Waals surface area contributed by atoms with Crippen molar-refractivity contribution in [1.29, 1.82) is 0 Å². The van der Waals surface area contributed by atoms with Gasteiger partial charge in [0.15, 0.2) is 0 Å². The normalized spacial score (nSPS) is 13.8. The molecule has 116 valence electrons. The molecule has 1 fully saturated rings. The lowest BCUT2D eigenvalue weighted by molar-refractivity contribution is 0.398. The summed E-state index contributed by atoms with van der Waals surface area (Å²) in [7, 11) is 3.39. The van der Waals surface area contributed by atoms with Crippen molar-refractivity contribution in [3.8, 4) is 11.5 Å². The minimum atomic E-state index is 0.574. The molecule has 1 saturated carbocycles. The fourth-order valence-corrected chi connectivity index (χ4v) is 2.66. The molecule has 0 spiro atoms. The molecule has 3 rings (SSSR count). The second-order valence-electron chi connectivity index (χ2n) is 5.67. The molecule has 0 atom stereocenters. The average molecular weight is 298 g/mol. The van der Waals surface area contributed by atoms with Gasteiger partial charge in [0.05, 0.1) is 14.2 Å². The van der Waals surface area contributed by atoms with Crippen molar-refractivity contribution in [2.75, 3.05) is 19.1 Å². The second kappa shape index (κ2) is 6.26. The quantitative estimate of drug-likeness (QED) is 0.816. The molecule has 1 aliphatic carbocycles. The molecule has 0 aliphatic heterocycles. The summed E-state index contributed by atoms with van der Waals surface area (Å²) in [6.07, 6.45) is 2.45. The van der Waals surface area contributed by atoms with Crippen LogP contribution in [0.15, 0.2) is 36.4 Å². The predicted octanol–water partition coefficient (Wildman–Crippen LogP) is 3.58. The van der Waals surface area contributed by atoms with E-state index in [0.29, 0.717) is 6.04 Å². The molecule has 0 saturated heterocycles. The van der Waals surface area contributed by atoms with Gasteiger partial charge in [-0.15, -0.1) is 0 Å². The number of ether oxygens (including phenoxy) is 2. The minimum Gasteiger partial charge on any atom is -0.497 e. The Balaban J connectivity index is 1.91. The number of hydrogen-bond acceptors (Lipinski definition) is 4. The van der Waals surface area contributed by atoms with Crippen LogP contribution in [0.4, 0.5) is 5.82 Å². The van der Waals surface area contributed by atoms with Crippen molar-refractivity contribution in [2.24, 2.45) is 0 Å². The number of nitrogens with zero attached hydrogens (tertiary/aromatic N) is 2. The van der Waals surface area contributed by atoms with Crippen molar-refractivity contribution in [1.82, 2.24) is 4.98 Å². The Kier molecular flexibility index (Phi) is 4.18. The largest absolute Gasteiger partial charge is 0.497 e. The highest BCUT2D eigenvalue weighted by atomic mass is 16.5. The van der Waals surface area contributed by atoms with Gasteiger partial charge in [-0.1, -0.05) is 6.07 Å². The number of methoxy groups -OCH3 is 2. The molecule has 0 bridgehead atoms. The highest BCUT2D eigenvalue weighted by molar-refractivity contribution is 5.47. The van der Waals surface area contributed by atoms with Crippen molar-refractivity contribution in [3.05, 3.63) is 47.7 Å². The second-order valence-corrected chi connectivity index (χ2v) is 5.67. The van der Waals surface area contributed by atoms with Crippen molar-refractivity contribution >= 4 is 5.82 Å². The predicted molar refractivity (Wildman–Crippen MR) is 87.7 cm³/mol. The van der Waals surface area contributed by atoms with Gasteiger partial charge >= 0.3 is 0 Å². The smallest absolute Gasteiger partial charge is 0.129 e. The van der Waals surface area contributed by atoms with Crippen molar-refractivity contribution in [3.63, 3.8) is 0 Å². The molecule has 1 aromatic carbocycles. The lowest BCUT2D eigenvalue weighted by atomic mass is 10.1. The van der Waals surface area contributed by atoms with Gasteiger partial charge in [-0.25, -0.2) is 4.98 Å². The zero-order chi connectivity index (χ0) is 15.5. The number of anilines is 1. The third-order valence-corrected chi connectivity index (χ3v) is 3.98. The summed E-state index contributed by atoms with van der Waals surface area (Å²) >= 11 is 0. The molecule has 0 unspecified atom stereocenters. The molecule has 4 heteroatoms. The maximum absolute atomic E-state index is 5.50. The van der Waals surface area contributed by atoms with E-state index < -0.39 is 0 Å². The monoisotopic (exact) mass is 298 g/mol. The molecular formula is C18H22N2O2. The van der Waals surface area contributed by atoms with E-state index in [2.05, 4.69) is 22.0 Å². The summed E-state index contributed by atoms with van der Waals surface area (Å²) in [6.45, 7) is 2.81. The lowest BCUT2D eigenvalue weighted by Gasteiger charge is -2.25. The Hall–Kier alpha value is -2.23. The molecule has 1 heterocycles. The SMILES string of the molecule is COc1ccc(OC)c(CN(c2cccc(C)n2)C2CC2)c1. The molecule has 1 aromatic heterocycles. The third kappa shape index (κ3) is 3.16. The van der Waals surface area contributed by atoms with Crippen LogP contribution in [-0.4, -0.2) is 25.2 Å². The number of hydrogen-bond donors (Lipinski definition) is 0. The molecule has 2 aromatic rings. The average Bonchev–Trinajstić information content (AvgIpc) is 3.37. The Bertz CT molecular complexity index is 653. The van der Waals surface area contributed by atoms with Crippen LogP contribution in [0.25, 0.3) is 0 Å². The fraction of sp³-hybridized carbons (Fsp3) is 0.389. The summed E-state index contributed by atoms with van der Waals surface area (Å²) in [4.78, 5) is 7.05. The van der Waals surface area contributed by atoms with Crippen LogP contribution < -0.4 is 14.4 Å². The Labute approximate surface area is 131 Å². The summed E-state index contributed by atoms with van der Waals surface area (Å²) in [5.74, 6) is 2.77. The van der Waals surface area contributed by atoms with Crippen LogP contribution in [0.3, 0.4) is 0 Å².